The van der Waals surface area contributed by atoms with Crippen molar-refractivity contribution in [3.8, 4) is 17.3 Å². The minimum atomic E-state index is -3.54. The second-order valence-electron chi connectivity index (χ2n) is 6.22. The van der Waals surface area contributed by atoms with E-state index >= 15 is 0 Å². The molecular weight excluding hydrogens is 366 g/mol. The third-order valence-corrected chi connectivity index (χ3v) is 5.24. The van der Waals surface area contributed by atoms with E-state index in [4.69, 9.17) is 9.15 Å². The maximum atomic E-state index is 12.3. The number of pyridine rings is 1. The third-order valence-electron chi connectivity index (χ3n) is 4.10. The molecule has 0 aliphatic rings. The van der Waals surface area contributed by atoms with Crippen LogP contribution in [0.5, 0.6) is 5.88 Å². The van der Waals surface area contributed by atoms with Gasteiger partial charge in [-0.15, -0.1) is 0 Å². The van der Waals surface area contributed by atoms with Crippen LogP contribution in [0.4, 0.5) is 5.69 Å². The molecular formula is C19H21N3O4S. The summed E-state index contributed by atoms with van der Waals surface area (Å²) in [6, 6.07) is 11.0. The fraction of sp³-hybridized carbons (Fsp3) is 0.263. The van der Waals surface area contributed by atoms with Gasteiger partial charge in [-0.3, -0.25) is 4.31 Å². The number of methoxy groups -OCH3 is 1. The second kappa shape index (κ2) is 7.40. The van der Waals surface area contributed by atoms with Crippen LogP contribution < -0.4 is 9.04 Å². The molecule has 1 aromatic carbocycles. The molecule has 0 bridgehead atoms. The van der Waals surface area contributed by atoms with Crippen LogP contribution in [-0.2, 0) is 16.6 Å². The third kappa shape index (κ3) is 4.28. The Kier molecular flexibility index (Phi) is 5.18. The molecule has 0 fully saturated rings. The first kappa shape index (κ1) is 18.9. The maximum Gasteiger partial charge on any atom is 0.232 e. The predicted molar refractivity (Wildman–Crippen MR) is 103 cm³/mol. The van der Waals surface area contributed by atoms with Crippen LogP contribution in [0.1, 0.15) is 17.0 Å². The Balaban J connectivity index is 1.93. The predicted octanol–water partition coefficient (Wildman–Crippen LogP) is 3.33. The van der Waals surface area contributed by atoms with Gasteiger partial charge in [-0.05, 0) is 32.0 Å². The summed E-state index contributed by atoms with van der Waals surface area (Å²) in [5.74, 6) is 1.44. The molecule has 0 aliphatic carbocycles. The molecule has 0 radical (unpaired) electrons. The quantitative estimate of drug-likeness (QED) is 0.645. The summed E-state index contributed by atoms with van der Waals surface area (Å²) in [6.45, 7) is 3.82. The van der Waals surface area contributed by atoms with E-state index < -0.39 is 10.0 Å². The van der Waals surface area contributed by atoms with Gasteiger partial charge in [0.05, 0.1) is 31.8 Å². The first-order valence-electron chi connectivity index (χ1n) is 8.29. The largest absolute Gasteiger partial charge is 0.481 e. The Morgan fingerprint density at radius 2 is 1.81 bits per heavy atom. The molecule has 2 heterocycles. The lowest BCUT2D eigenvalue weighted by atomic mass is 10.1. The number of benzene rings is 1. The van der Waals surface area contributed by atoms with E-state index in [1.807, 2.05) is 31.2 Å². The lowest BCUT2D eigenvalue weighted by Crippen LogP contribution is -2.29. The Hall–Kier alpha value is -2.87. The highest BCUT2D eigenvalue weighted by molar-refractivity contribution is 7.92. The molecule has 0 saturated heterocycles. The molecule has 7 nitrogen and oxygen atoms in total. The van der Waals surface area contributed by atoms with Crippen LogP contribution >= 0.6 is 0 Å². The normalized spacial score (nSPS) is 11.4. The highest BCUT2D eigenvalue weighted by Crippen LogP contribution is 2.26. The van der Waals surface area contributed by atoms with E-state index in [0.29, 0.717) is 28.9 Å². The van der Waals surface area contributed by atoms with Gasteiger partial charge in [0.25, 0.3) is 0 Å². The fourth-order valence-electron chi connectivity index (χ4n) is 2.57. The van der Waals surface area contributed by atoms with Crippen LogP contribution in [-0.4, -0.2) is 31.8 Å². The van der Waals surface area contributed by atoms with Gasteiger partial charge in [0, 0.05) is 11.6 Å². The van der Waals surface area contributed by atoms with Crippen molar-refractivity contribution in [1.82, 2.24) is 9.97 Å². The fourth-order valence-corrected chi connectivity index (χ4v) is 3.42. The summed E-state index contributed by atoms with van der Waals surface area (Å²) in [5, 5.41) is 0. The number of nitrogens with zero attached hydrogens (tertiary/aromatic N) is 3. The maximum absolute atomic E-state index is 12.3. The smallest absolute Gasteiger partial charge is 0.232 e. The number of rotatable bonds is 6. The molecule has 0 N–H and O–H groups in total. The Labute approximate surface area is 158 Å². The Bertz CT molecular complexity index is 1030. The number of oxazole rings is 1. The Morgan fingerprint density at radius 3 is 2.37 bits per heavy atom. The monoisotopic (exact) mass is 387 g/mol. The molecule has 8 heteroatoms. The molecule has 3 rings (SSSR count). The highest BCUT2D eigenvalue weighted by Gasteiger charge is 2.22. The molecule has 3 aromatic rings. The standard InChI is InChI=1S/C19H21N3O4S/c1-13-5-7-15(8-6-13)19-21-17(14(2)26-19)12-22(27(4,23)24)16-9-10-18(25-3)20-11-16/h5-11H,12H2,1-4H3. The van der Waals surface area contributed by atoms with Gasteiger partial charge >= 0.3 is 0 Å². The van der Waals surface area contributed by atoms with Gasteiger partial charge in [-0.25, -0.2) is 18.4 Å². The molecule has 2 aromatic heterocycles. The zero-order chi connectivity index (χ0) is 19.6. The van der Waals surface area contributed by atoms with Crippen LogP contribution in [0.3, 0.4) is 0 Å². The van der Waals surface area contributed by atoms with Gasteiger partial charge in [-0.2, -0.15) is 0 Å². The number of aryl methyl sites for hydroxylation is 2. The number of hydrogen-bond acceptors (Lipinski definition) is 6. The van der Waals surface area contributed by atoms with Crippen molar-refractivity contribution < 1.29 is 17.6 Å². The van der Waals surface area contributed by atoms with Crippen molar-refractivity contribution in [2.45, 2.75) is 20.4 Å². The number of hydrogen-bond donors (Lipinski definition) is 0. The summed E-state index contributed by atoms with van der Waals surface area (Å²) in [6.07, 6.45) is 2.60. The minimum absolute atomic E-state index is 0.0496. The SMILES string of the molecule is COc1ccc(N(Cc2nc(-c3ccc(C)cc3)oc2C)S(C)(=O)=O)cn1. The number of aromatic nitrogens is 2. The molecule has 27 heavy (non-hydrogen) atoms. The van der Waals surface area contributed by atoms with E-state index in [2.05, 4.69) is 9.97 Å². The van der Waals surface area contributed by atoms with Crippen LogP contribution in [0.25, 0.3) is 11.5 Å². The number of anilines is 1. The first-order chi connectivity index (χ1) is 12.8. The number of sulfonamides is 1. The zero-order valence-electron chi connectivity index (χ0n) is 15.6. The second-order valence-corrected chi connectivity index (χ2v) is 8.12. The highest BCUT2D eigenvalue weighted by atomic mass is 32.2. The van der Waals surface area contributed by atoms with Crippen molar-refractivity contribution in [2.75, 3.05) is 17.7 Å². The number of ether oxygens (including phenoxy) is 1. The molecule has 0 saturated carbocycles. The summed E-state index contributed by atoms with van der Waals surface area (Å²) in [4.78, 5) is 8.59. The van der Waals surface area contributed by atoms with Crippen LogP contribution in [0.2, 0.25) is 0 Å². The lowest BCUT2D eigenvalue weighted by molar-refractivity contribution is 0.398. The van der Waals surface area contributed by atoms with Gasteiger partial charge in [0.2, 0.25) is 21.8 Å². The van der Waals surface area contributed by atoms with Crippen LogP contribution in [0, 0.1) is 13.8 Å². The summed E-state index contributed by atoms with van der Waals surface area (Å²) >= 11 is 0. The zero-order valence-corrected chi connectivity index (χ0v) is 16.4. The van der Waals surface area contributed by atoms with E-state index in [9.17, 15) is 8.42 Å². The van der Waals surface area contributed by atoms with Gasteiger partial charge < -0.3 is 9.15 Å². The van der Waals surface area contributed by atoms with Crippen molar-refractivity contribution in [3.63, 3.8) is 0 Å². The van der Waals surface area contributed by atoms with Crippen molar-refractivity contribution in [2.24, 2.45) is 0 Å². The summed E-state index contributed by atoms with van der Waals surface area (Å²) in [5.41, 5.74) is 2.95. The average molecular weight is 387 g/mol. The summed E-state index contributed by atoms with van der Waals surface area (Å²) in [7, 11) is -2.04. The van der Waals surface area contributed by atoms with E-state index in [1.165, 1.54) is 17.6 Å². The molecule has 0 atom stereocenters. The van der Waals surface area contributed by atoms with Crippen molar-refractivity contribution >= 4 is 15.7 Å². The Morgan fingerprint density at radius 1 is 1.11 bits per heavy atom. The molecule has 142 valence electrons. The summed E-state index contributed by atoms with van der Waals surface area (Å²) < 4.78 is 36.7. The molecule has 0 spiro atoms. The van der Waals surface area contributed by atoms with Crippen molar-refractivity contribution in [1.29, 1.82) is 0 Å². The van der Waals surface area contributed by atoms with Gasteiger partial charge in [-0.1, -0.05) is 17.7 Å². The van der Waals surface area contributed by atoms with Gasteiger partial charge in [0.15, 0.2) is 0 Å². The van der Waals surface area contributed by atoms with Crippen molar-refractivity contribution in [3.05, 3.63) is 59.6 Å². The topological polar surface area (TPSA) is 85.5 Å². The van der Waals surface area contributed by atoms with Crippen LogP contribution in [0.15, 0.2) is 47.0 Å². The lowest BCUT2D eigenvalue weighted by Gasteiger charge is -2.21. The minimum Gasteiger partial charge on any atom is -0.481 e. The first-order valence-corrected chi connectivity index (χ1v) is 10.1. The molecule has 0 aliphatic heterocycles. The average Bonchev–Trinajstić information content (AvgIpc) is 3.00. The van der Waals surface area contributed by atoms with Gasteiger partial charge in [0.1, 0.15) is 11.5 Å². The van der Waals surface area contributed by atoms with E-state index in [0.717, 1.165) is 17.4 Å². The molecule has 0 unspecified atom stereocenters. The molecule has 0 amide bonds. The van der Waals surface area contributed by atoms with E-state index in [1.54, 1.807) is 19.1 Å². The van der Waals surface area contributed by atoms with E-state index in [-0.39, 0.29) is 6.54 Å².